The van der Waals surface area contributed by atoms with Crippen LogP contribution in [0.4, 0.5) is 5.13 Å². The lowest BCUT2D eigenvalue weighted by molar-refractivity contribution is -0.120. The maximum absolute atomic E-state index is 12.6. The van der Waals surface area contributed by atoms with Gasteiger partial charge in [0.2, 0.25) is 12.7 Å². The Morgan fingerprint density at radius 3 is 2.56 bits per heavy atom. The Kier molecular flexibility index (Phi) is 6.41. The number of hydrogen-bond donors (Lipinski definition) is 2. The van der Waals surface area contributed by atoms with Crippen molar-refractivity contribution < 1.29 is 28.5 Å². The topological polar surface area (TPSA) is 108 Å². The van der Waals surface area contributed by atoms with Gasteiger partial charge in [-0.05, 0) is 29.8 Å². The van der Waals surface area contributed by atoms with Crippen LogP contribution in [0.25, 0.3) is 0 Å². The fourth-order valence-electron chi connectivity index (χ4n) is 3.03. The molecule has 1 aliphatic heterocycles. The molecule has 3 aromatic rings. The molecule has 0 radical (unpaired) electrons. The first-order valence-corrected chi connectivity index (χ1v) is 10.6. The Bertz CT molecular complexity index is 1120. The van der Waals surface area contributed by atoms with Crippen molar-refractivity contribution in [3.05, 3.63) is 58.6 Å². The van der Waals surface area contributed by atoms with Crippen molar-refractivity contribution in [2.24, 2.45) is 0 Å². The fraction of sp³-hybridized carbons (Fsp3) is 0.227. The van der Waals surface area contributed by atoms with Crippen molar-refractivity contribution >= 4 is 28.3 Å². The zero-order valence-corrected chi connectivity index (χ0v) is 18.3. The summed E-state index contributed by atoms with van der Waals surface area (Å²) in [5.74, 6) is 1.86. The Hall–Kier alpha value is -3.79. The zero-order chi connectivity index (χ0) is 22.5. The van der Waals surface area contributed by atoms with Crippen molar-refractivity contribution in [1.82, 2.24) is 10.3 Å². The molecule has 0 saturated carbocycles. The summed E-state index contributed by atoms with van der Waals surface area (Å²) in [4.78, 5) is 29.2. The Labute approximate surface area is 188 Å². The monoisotopic (exact) mass is 455 g/mol. The van der Waals surface area contributed by atoms with Crippen molar-refractivity contribution in [2.75, 3.05) is 26.3 Å². The second-order valence-electron chi connectivity index (χ2n) is 6.84. The Morgan fingerprint density at radius 2 is 1.81 bits per heavy atom. The lowest BCUT2D eigenvalue weighted by Gasteiger charge is -2.08. The molecule has 2 heterocycles. The quantitative estimate of drug-likeness (QED) is 0.538. The van der Waals surface area contributed by atoms with Gasteiger partial charge in [0.1, 0.15) is 11.5 Å². The first-order chi connectivity index (χ1) is 15.5. The maximum Gasteiger partial charge on any atom is 0.257 e. The van der Waals surface area contributed by atoms with E-state index >= 15 is 0 Å². The summed E-state index contributed by atoms with van der Waals surface area (Å²) < 4.78 is 21.0. The second kappa shape index (κ2) is 9.56. The van der Waals surface area contributed by atoms with Crippen molar-refractivity contribution in [3.8, 4) is 23.0 Å². The van der Waals surface area contributed by atoms with Gasteiger partial charge in [0.25, 0.3) is 5.91 Å². The van der Waals surface area contributed by atoms with E-state index in [0.29, 0.717) is 45.9 Å². The van der Waals surface area contributed by atoms with Gasteiger partial charge < -0.3 is 24.3 Å². The summed E-state index contributed by atoms with van der Waals surface area (Å²) in [6.07, 6.45) is 0.101. The molecule has 0 fully saturated rings. The van der Waals surface area contributed by atoms with Gasteiger partial charge in [0.05, 0.1) is 26.3 Å². The van der Waals surface area contributed by atoms with Crippen LogP contribution in [-0.2, 0) is 17.8 Å². The molecule has 10 heteroatoms. The summed E-state index contributed by atoms with van der Waals surface area (Å²) >= 11 is 1.25. The van der Waals surface area contributed by atoms with E-state index in [2.05, 4.69) is 15.6 Å². The lowest BCUT2D eigenvalue weighted by atomic mass is 10.2. The van der Waals surface area contributed by atoms with E-state index in [4.69, 9.17) is 18.9 Å². The Balaban J connectivity index is 1.31. The molecule has 4 rings (SSSR count). The zero-order valence-electron chi connectivity index (χ0n) is 17.5. The highest BCUT2D eigenvalue weighted by atomic mass is 32.1. The molecule has 2 amide bonds. The molecule has 1 aromatic heterocycles. The van der Waals surface area contributed by atoms with Crippen LogP contribution in [0.5, 0.6) is 23.0 Å². The van der Waals surface area contributed by atoms with Crippen molar-refractivity contribution in [3.63, 3.8) is 0 Å². The van der Waals surface area contributed by atoms with Crippen LogP contribution in [0, 0.1) is 0 Å². The number of anilines is 1. The molecule has 2 aromatic carbocycles. The number of nitrogens with zero attached hydrogens (tertiary/aromatic N) is 1. The van der Waals surface area contributed by atoms with Gasteiger partial charge in [-0.15, -0.1) is 11.3 Å². The number of nitrogens with one attached hydrogen (secondary N) is 2. The second-order valence-corrected chi connectivity index (χ2v) is 7.70. The molecule has 0 aliphatic carbocycles. The highest BCUT2D eigenvalue weighted by Gasteiger charge is 2.15. The molecular weight excluding hydrogens is 434 g/mol. The minimum atomic E-state index is -0.352. The van der Waals surface area contributed by atoms with Gasteiger partial charge >= 0.3 is 0 Å². The molecular formula is C22H21N3O6S. The number of hydrogen-bond acceptors (Lipinski definition) is 8. The van der Waals surface area contributed by atoms with Gasteiger partial charge in [-0.25, -0.2) is 4.98 Å². The smallest absolute Gasteiger partial charge is 0.257 e. The number of ether oxygens (including phenoxy) is 4. The third-order valence-electron chi connectivity index (χ3n) is 4.65. The number of amides is 2. The molecule has 2 N–H and O–H groups in total. The largest absolute Gasteiger partial charge is 0.497 e. The minimum absolute atomic E-state index is 0.101. The highest BCUT2D eigenvalue weighted by molar-refractivity contribution is 7.14. The molecule has 166 valence electrons. The van der Waals surface area contributed by atoms with E-state index in [-0.39, 0.29) is 25.0 Å². The average Bonchev–Trinajstić information content (AvgIpc) is 3.46. The van der Waals surface area contributed by atoms with Crippen LogP contribution in [-0.4, -0.2) is 37.8 Å². The summed E-state index contributed by atoms with van der Waals surface area (Å²) in [5.41, 5.74) is 1.85. The van der Waals surface area contributed by atoms with Gasteiger partial charge in [0, 0.05) is 23.6 Å². The van der Waals surface area contributed by atoms with Crippen LogP contribution in [0.2, 0.25) is 0 Å². The maximum atomic E-state index is 12.6. The average molecular weight is 455 g/mol. The molecule has 0 spiro atoms. The number of carbonyl (C=O) groups is 2. The van der Waals surface area contributed by atoms with Gasteiger partial charge in [-0.3, -0.25) is 14.9 Å². The molecule has 0 atom stereocenters. The standard InChI is InChI=1S/C22H21N3O6S/c1-28-16-6-14(7-17(9-16)29-2)21(27)25-22-24-15(11-32-22)8-20(26)23-10-13-3-4-18-19(5-13)31-12-30-18/h3-7,9,11H,8,10,12H2,1-2H3,(H,23,26)(H,24,25,27). The number of fused-ring (bicyclic) bond motifs is 1. The van der Waals surface area contributed by atoms with Crippen molar-refractivity contribution in [1.29, 1.82) is 0 Å². The lowest BCUT2D eigenvalue weighted by Crippen LogP contribution is -2.24. The van der Waals surface area contributed by atoms with E-state index in [1.807, 2.05) is 18.2 Å². The van der Waals surface area contributed by atoms with Crippen LogP contribution < -0.4 is 29.6 Å². The number of methoxy groups -OCH3 is 2. The van der Waals surface area contributed by atoms with Crippen molar-refractivity contribution in [2.45, 2.75) is 13.0 Å². The first kappa shape index (κ1) is 21.4. The van der Waals surface area contributed by atoms with Crippen LogP contribution in [0.3, 0.4) is 0 Å². The van der Waals surface area contributed by atoms with E-state index in [9.17, 15) is 9.59 Å². The third kappa shape index (κ3) is 5.09. The number of aromatic nitrogens is 1. The SMILES string of the molecule is COc1cc(OC)cc(C(=O)Nc2nc(CC(=O)NCc3ccc4c(c3)OCO4)cs2)c1. The molecule has 9 nitrogen and oxygen atoms in total. The van der Waals surface area contributed by atoms with Gasteiger partial charge in [-0.2, -0.15) is 0 Å². The molecule has 32 heavy (non-hydrogen) atoms. The fourth-order valence-corrected chi connectivity index (χ4v) is 3.74. The van der Waals surface area contributed by atoms with Crippen LogP contribution in [0.1, 0.15) is 21.6 Å². The predicted molar refractivity (Wildman–Crippen MR) is 118 cm³/mol. The third-order valence-corrected chi connectivity index (χ3v) is 5.46. The summed E-state index contributed by atoms with van der Waals surface area (Å²) in [7, 11) is 3.03. The summed E-state index contributed by atoms with van der Waals surface area (Å²) in [5, 5.41) is 7.73. The van der Waals surface area contributed by atoms with Crippen LogP contribution in [0.15, 0.2) is 41.8 Å². The predicted octanol–water partition coefficient (Wildman–Crippen LogP) is 3.00. The number of rotatable bonds is 8. The van der Waals surface area contributed by atoms with E-state index in [1.54, 1.807) is 23.6 Å². The summed E-state index contributed by atoms with van der Waals surface area (Å²) in [6.45, 7) is 0.570. The summed E-state index contributed by atoms with van der Waals surface area (Å²) in [6, 6.07) is 10.4. The molecule has 0 saturated heterocycles. The number of carbonyl (C=O) groups excluding carboxylic acids is 2. The van der Waals surface area contributed by atoms with E-state index in [0.717, 1.165) is 5.56 Å². The Morgan fingerprint density at radius 1 is 1.06 bits per heavy atom. The molecule has 0 unspecified atom stereocenters. The van der Waals surface area contributed by atoms with Gasteiger partial charge in [0.15, 0.2) is 16.6 Å². The highest BCUT2D eigenvalue weighted by Crippen LogP contribution is 2.32. The molecule has 1 aliphatic rings. The number of thiazole rings is 1. The van der Waals surface area contributed by atoms with E-state index < -0.39 is 0 Å². The molecule has 0 bridgehead atoms. The number of benzene rings is 2. The van der Waals surface area contributed by atoms with Crippen LogP contribution >= 0.6 is 11.3 Å². The normalized spacial score (nSPS) is 11.7. The van der Waals surface area contributed by atoms with E-state index in [1.165, 1.54) is 25.6 Å². The minimum Gasteiger partial charge on any atom is -0.497 e. The first-order valence-electron chi connectivity index (χ1n) is 9.68. The van der Waals surface area contributed by atoms with Gasteiger partial charge in [-0.1, -0.05) is 6.07 Å².